The van der Waals surface area contributed by atoms with Crippen molar-refractivity contribution in [2.45, 2.75) is 11.4 Å². The maximum Gasteiger partial charge on any atom is 0.249 e. The largest absolute Gasteiger partial charge is 0.491 e. The Hall–Kier alpha value is -1.65. The first-order chi connectivity index (χ1) is 10.7. The topological polar surface area (TPSA) is 46.6 Å². The Morgan fingerprint density at radius 1 is 1.13 bits per heavy atom. The summed E-state index contributed by atoms with van der Waals surface area (Å²) in [6.45, 7) is -0.208. The Kier molecular flexibility index (Phi) is 4.97. The lowest BCUT2D eigenvalue weighted by molar-refractivity contribution is 0.320. The average molecular weight is 369 g/mol. The highest BCUT2D eigenvalue weighted by Crippen LogP contribution is 2.33. The summed E-state index contributed by atoms with van der Waals surface area (Å²) in [5, 5.41) is 3.32. The molecule has 0 saturated heterocycles. The van der Waals surface area contributed by atoms with E-state index >= 15 is 0 Å². The Morgan fingerprint density at radius 2 is 1.70 bits per heavy atom. The molecule has 0 radical (unpaired) electrons. The third kappa shape index (κ3) is 3.06. The smallest absolute Gasteiger partial charge is 0.249 e. The molecule has 1 aromatic carbocycles. The summed E-state index contributed by atoms with van der Waals surface area (Å²) >= 11 is 1.30. The molecule has 0 spiro atoms. The Labute approximate surface area is 134 Å². The molecule has 0 saturated carbocycles. The van der Waals surface area contributed by atoms with Crippen molar-refractivity contribution in [3.8, 4) is 5.75 Å². The van der Waals surface area contributed by atoms with Crippen molar-refractivity contribution in [2.24, 2.45) is 0 Å². The molecule has 0 amide bonds. The summed E-state index contributed by atoms with van der Waals surface area (Å²) in [4.78, 5) is -1.69. The van der Waals surface area contributed by atoms with Crippen LogP contribution in [0.3, 0.4) is 0 Å². The number of methoxy groups -OCH3 is 1. The molecule has 0 aliphatic carbocycles. The van der Waals surface area contributed by atoms with E-state index in [0.717, 1.165) is 14.2 Å². The third-order valence-corrected chi connectivity index (χ3v) is 5.60. The number of ether oxygens (including phenoxy) is 1. The lowest BCUT2D eigenvalue weighted by Crippen LogP contribution is -2.29. The number of sulfonamides is 1. The van der Waals surface area contributed by atoms with Crippen LogP contribution in [-0.2, 0) is 16.6 Å². The number of hydrogen-bond donors (Lipinski definition) is 0. The van der Waals surface area contributed by atoms with Crippen LogP contribution in [0.25, 0.3) is 0 Å². The Bertz CT molecular complexity index is 793. The van der Waals surface area contributed by atoms with E-state index in [2.05, 4.69) is 4.74 Å². The van der Waals surface area contributed by atoms with Gasteiger partial charge < -0.3 is 4.74 Å². The van der Waals surface area contributed by atoms with Crippen LogP contribution >= 0.6 is 11.3 Å². The zero-order chi connectivity index (χ0) is 17.4. The molecule has 0 aliphatic rings. The van der Waals surface area contributed by atoms with Crippen molar-refractivity contribution >= 4 is 21.4 Å². The predicted molar refractivity (Wildman–Crippen MR) is 75.8 cm³/mol. The van der Waals surface area contributed by atoms with E-state index < -0.39 is 43.9 Å². The summed E-state index contributed by atoms with van der Waals surface area (Å²) in [6.07, 6.45) is 0. The van der Waals surface area contributed by atoms with E-state index in [4.69, 9.17) is 0 Å². The number of nitrogens with zero attached hydrogens (tertiary/aromatic N) is 1. The number of halogens is 4. The molecule has 0 N–H and O–H groups in total. The monoisotopic (exact) mass is 369 g/mol. The third-order valence-electron chi connectivity index (χ3n) is 3.04. The summed E-state index contributed by atoms with van der Waals surface area (Å²) in [6, 6.07) is 1.61. The van der Waals surface area contributed by atoms with Crippen LogP contribution in [0.1, 0.15) is 5.56 Å². The van der Waals surface area contributed by atoms with Gasteiger partial charge >= 0.3 is 0 Å². The van der Waals surface area contributed by atoms with Gasteiger partial charge in [-0.1, -0.05) is 0 Å². The first-order valence-corrected chi connectivity index (χ1v) is 8.47. The summed E-state index contributed by atoms with van der Waals surface area (Å²) in [5.41, 5.74) is 0.566. The quantitative estimate of drug-likeness (QED) is 0.601. The lowest BCUT2D eigenvalue weighted by atomic mass is 10.3. The fourth-order valence-electron chi connectivity index (χ4n) is 1.88. The van der Waals surface area contributed by atoms with E-state index in [0.29, 0.717) is 9.87 Å². The summed E-state index contributed by atoms with van der Waals surface area (Å²) in [7, 11) is -2.94. The van der Waals surface area contributed by atoms with Gasteiger partial charge in [0.25, 0.3) is 0 Å². The maximum atomic E-state index is 14.0. The highest BCUT2D eigenvalue weighted by molar-refractivity contribution is 7.89. The zero-order valence-electron chi connectivity index (χ0n) is 11.9. The maximum absolute atomic E-state index is 14.0. The predicted octanol–water partition coefficient (Wildman–Crippen LogP) is 3.13. The van der Waals surface area contributed by atoms with Crippen LogP contribution in [0.15, 0.2) is 21.7 Å². The molecule has 2 aromatic rings. The number of thiophene rings is 1. The van der Waals surface area contributed by atoms with Gasteiger partial charge in [0.1, 0.15) is 0 Å². The number of benzene rings is 1. The molecule has 0 bridgehead atoms. The van der Waals surface area contributed by atoms with Gasteiger partial charge in [-0.3, -0.25) is 0 Å². The molecule has 4 nitrogen and oxygen atoms in total. The van der Waals surface area contributed by atoms with Crippen LogP contribution in [0.4, 0.5) is 17.6 Å². The second-order valence-corrected chi connectivity index (χ2v) is 7.27. The minimum absolute atomic E-state index is 0.208. The normalized spacial score (nSPS) is 12.0. The van der Waals surface area contributed by atoms with Crippen LogP contribution < -0.4 is 4.74 Å². The highest BCUT2D eigenvalue weighted by Gasteiger charge is 2.36. The van der Waals surface area contributed by atoms with Gasteiger partial charge in [0.05, 0.1) is 7.11 Å². The van der Waals surface area contributed by atoms with Gasteiger partial charge in [-0.05, 0) is 22.4 Å². The summed E-state index contributed by atoms with van der Waals surface area (Å²) < 4.78 is 84.7. The van der Waals surface area contributed by atoms with Crippen molar-refractivity contribution < 1.29 is 30.7 Å². The Morgan fingerprint density at radius 3 is 2.13 bits per heavy atom. The van der Waals surface area contributed by atoms with Gasteiger partial charge in [-0.25, -0.2) is 17.2 Å². The number of rotatable bonds is 5. The van der Waals surface area contributed by atoms with Gasteiger partial charge in [-0.15, -0.1) is 0 Å². The fourth-order valence-corrected chi connectivity index (χ4v) is 3.80. The van der Waals surface area contributed by atoms with E-state index in [-0.39, 0.29) is 6.54 Å². The van der Waals surface area contributed by atoms with E-state index in [1.807, 2.05) is 0 Å². The van der Waals surface area contributed by atoms with Crippen molar-refractivity contribution in [3.63, 3.8) is 0 Å². The van der Waals surface area contributed by atoms with Gasteiger partial charge in [-0.2, -0.15) is 24.4 Å². The van der Waals surface area contributed by atoms with Crippen LogP contribution in [-0.4, -0.2) is 26.9 Å². The van der Waals surface area contributed by atoms with Crippen LogP contribution in [0.5, 0.6) is 5.75 Å². The van der Waals surface area contributed by atoms with Crippen molar-refractivity contribution in [1.82, 2.24) is 4.31 Å². The molecule has 0 fully saturated rings. The minimum atomic E-state index is -4.79. The van der Waals surface area contributed by atoms with Crippen molar-refractivity contribution in [2.75, 3.05) is 14.2 Å². The molecule has 2 rings (SSSR count). The second kappa shape index (κ2) is 6.46. The molecule has 10 heteroatoms. The first kappa shape index (κ1) is 17.7. The fraction of sp³-hybridized carbons (Fsp3) is 0.231. The summed E-state index contributed by atoms with van der Waals surface area (Å²) in [5.74, 6) is -9.20. The first-order valence-electron chi connectivity index (χ1n) is 6.09. The lowest BCUT2D eigenvalue weighted by Gasteiger charge is -2.18. The van der Waals surface area contributed by atoms with Gasteiger partial charge in [0.15, 0.2) is 22.3 Å². The van der Waals surface area contributed by atoms with Crippen molar-refractivity contribution in [3.05, 3.63) is 45.7 Å². The minimum Gasteiger partial charge on any atom is -0.491 e. The van der Waals surface area contributed by atoms with E-state index in [9.17, 15) is 26.0 Å². The van der Waals surface area contributed by atoms with Gasteiger partial charge in [0.2, 0.25) is 21.7 Å². The van der Waals surface area contributed by atoms with Crippen LogP contribution in [0, 0.1) is 23.3 Å². The molecule has 0 aliphatic heterocycles. The molecule has 23 heavy (non-hydrogen) atoms. The molecule has 1 heterocycles. The van der Waals surface area contributed by atoms with Gasteiger partial charge in [0, 0.05) is 13.6 Å². The second-order valence-electron chi connectivity index (χ2n) is 4.51. The molecular formula is C13H11F4NO3S2. The SMILES string of the molecule is COc1c(F)c(F)c(S(=O)(=O)N(C)Cc2ccsc2)c(F)c1F. The average Bonchev–Trinajstić information content (AvgIpc) is 2.98. The van der Waals surface area contributed by atoms with Crippen LogP contribution in [0.2, 0.25) is 0 Å². The van der Waals surface area contributed by atoms with E-state index in [1.165, 1.54) is 11.3 Å². The van der Waals surface area contributed by atoms with E-state index in [1.54, 1.807) is 16.8 Å². The Balaban J connectivity index is 2.56. The van der Waals surface area contributed by atoms with Crippen molar-refractivity contribution in [1.29, 1.82) is 0 Å². The standard InChI is InChI=1S/C13H11F4NO3S2/c1-18(5-7-3-4-22-6-7)23(19,20)13-10(16)8(14)12(21-2)9(15)11(13)17/h3-4,6H,5H2,1-2H3. The molecule has 0 atom stereocenters. The zero-order valence-corrected chi connectivity index (χ0v) is 13.6. The molecule has 0 unspecified atom stereocenters. The highest BCUT2D eigenvalue weighted by atomic mass is 32.2. The molecular weight excluding hydrogens is 358 g/mol. The molecule has 1 aromatic heterocycles. The molecule has 126 valence electrons. The number of hydrogen-bond acceptors (Lipinski definition) is 4.